The summed E-state index contributed by atoms with van der Waals surface area (Å²) in [5, 5.41) is 12.7. The molecule has 0 aliphatic carbocycles. The second kappa shape index (κ2) is 8.08. The van der Waals surface area contributed by atoms with Gasteiger partial charge in [-0.1, -0.05) is 52.8 Å². The highest BCUT2D eigenvalue weighted by atomic mass is 16.5. The lowest BCUT2D eigenvalue weighted by molar-refractivity contribution is -0.00114. The highest BCUT2D eigenvalue weighted by Gasteiger charge is 2.27. The highest BCUT2D eigenvalue weighted by molar-refractivity contribution is 5.51. The lowest BCUT2D eigenvalue weighted by atomic mass is 10.1. The van der Waals surface area contributed by atoms with E-state index < -0.39 is 0 Å². The van der Waals surface area contributed by atoms with Gasteiger partial charge in [0, 0.05) is 6.42 Å². The second-order valence-corrected chi connectivity index (χ2v) is 7.14. The minimum atomic E-state index is -0.0929. The summed E-state index contributed by atoms with van der Waals surface area (Å²) in [5.74, 6) is 1.85. The van der Waals surface area contributed by atoms with Gasteiger partial charge in [0.2, 0.25) is 11.7 Å². The van der Waals surface area contributed by atoms with Crippen LogP contribution in [0.2, 0.25) is 0 Å². The van der Waals surface area contributed by atoms with Gasteiger partial charge >= 0.3 is 0 Å². The number of fused-ring (bicyclic) bond motifs is 1. The number of nitrogens with zero attached hydrogens (tertiary/aromatic N) is 5. The number of benzene rings is 2. The number of aromatic nitrogens is 5. The molecule has 0 amide bonds. The molecule has 0 saturated heterocycles. The summed E-state index contributed by atoms with van der Waals surface area (Å²) in [6.45, 7) is 0.959. The monoisotopic (exact) mass is 403 g/mol. The predicted molar refractivity (Wildman–Crippen MR) is 108 cm³/mol. The minimum Gasteiger partial charge on any atom is -0.497 e. The van der Waals surface area contributed by atoms with Crippen molar-refractivity contribution >= 4 is 0 Å². The van der Waals surface area contributed by atoms with E-state index in [4.69, 9.17) is 14.0 Å². The van der Waals surface area contributed by atoms with Crippen LogP contribution in [0.25, 0.3) is 11.5 Å². The van der Waals surface area contributed by atoms with Crippen LogP contribution in [0.15, 0.2) is 59.1 Å². The smallest absolute Gasteiger partial charge is 0.227 e. The van der Waals surface area contributed by atoms with Gasteiger partial charge in [-0.25, -0.2) is 4.68 Å². The van der Waals surface area contributed by atoms with Crippen molar-refractivity contribution in [2.75, 3.05) is 7.11 Å². The Morgan fingerprint density at radius 3 is 2.70 bits per heavy atom. The molecule has 5 rings (SSSR count). The quantitative estimate of drug-likeness (QED) is 0.487. The molecule has 30 heavy (non-hydrogen) atoms. The molecule has 0 spiro atoms. The fraction of sp³-hybridized carbons (Fsp3) is 0.273. The molecule has 0 bridgehead atoms. The summed E-state index contributed by atoms with van der Waals surface area (Å²) in [4.78, 5) is 4.51. The van der Waals surface area contributed by atoms with E-state index in [1.54, 1.807) is 7.11 Å². The lowest BCUT2D eigenvalue weighted by Gasteiger charge is -2.24. The Balaban J connectivity index is 1.29. The number of methoxy groups -OCH3 is 1. The van der Waals surface area contributed by atoms with E-state index in [0.717, 1.165) is 23.4 Å². The van der Waals surface area contributed by atoms with Crippen LogP contribution in [0.3, 0.4) is 0 Å². The van der Waals surface area contributed by atoms with Crippen molar-refractivity contribution in [3.63, 3.8) is 0 Å². The number of aryl methyl sites for hydroxylation is 2. The van der Waals surface area contributed by atoms with Crippen LogP contribution in [-0.2, 0) is 30.7 Å². The largest absolute Gasteiger partial charge is 0.497 e. The first-order chi connectivity index (χ1) is 14.8. The van der Waals surface area contributed by atoms with Crippen molar-refractivity contribution in [2.24, 2.45) is 0 Å². The highest BCUT2D eigenvalue weighted by Crippen LogP contribution is 2.30. The maximum absolute atomic E-state index is 6.07. The zero-order valence-corrected chi connectivity index (χ0v) is 16.6. The molecule has 0 unspecified atom stereocenters. The van der Waals surface area contributed by atoms with Gasteiger partial charge in [0.15, 0.2) is 5.69 Å². The molecule has 2 aromatic heterocycles. The van der Waals surface area contributed by atoms with Crippen LogP contribution < -0.4 is 4.74 Å². The molecule has 8 heteroatoms. The van der Waals surface area contributed by atoms with Crippen LogP contribution in [0.1, 0.15) is 28.8 Å². The third-order valence-electron chi connectivity index (χ3n) is 5.24. The Bertz CT molecular complexity index is 1120. The molecule has 1 aliphatic rings. The average Bonchev–Trinajstić information content (AvgIpc) is 3.45. The maximum atomic E-state index is 6.07. The molecule has 3 heterocycles. The van der Waals surface area contributed by atoms with E-state index >= 15 is 0 Å². The molecule has 0 saturated carbocycles. The van der Waals surface area contributed by atoms with Crippen molar-refractivity contribution in [2.45, 2.75) is 32.1 Å². The molecular formula is C22H21N5O3. The van der Waals surface area contributed by atoms with Crippen LogP contribution in [-0.4, -0.2) is 32.2 Å². The number of rotatable bonds is 6. The Morgan fingerprint density at radius 2 is 1.90 bits per heavy atom. The molecule has 0 fully saturated rings. The number of ether oxygens (including phenoxy) is 2. The van der Waals surface area contributed by atoms with Gasteiger partial charge < -0.3 is 14.0 Å². The first-order valence-electron chi connectivity index (χ1n) is 9.85. The van der Waals surface area contributed by atoms with Crippen LogP contribution >= 0.6 is 0 Å². The topological polar surface area (TPSA) is 88.1 Å². The average molecular weight is 403 g/mol. The zero-order valence-electron chi connectivity index (χ0n) is 16.6. The Labute approximate surface area is 173 Å². The van der Waals surface area contributed by atoms with Gasteiger partial charge in [-0.05, 0) is 29.7 Å². The number of hydrogen-bond acceptors (Lipinski definition) is 7. The summed E-state index contributed by atoms with van der Waals surface area (Å²) in [7, 11) is 1.65. The maximum Gasteiger partial charge on any atom is 0.227 e. The van der Waals surface area contributed by atoms with Crippen molar-refractivity contribution in [3.05, 3.63) is 77.3 Å². The molecule has 0 N–H and O–H groups in total. The summed E-state index contributed by atoms with van der Waals surface area (Å²) in [6.07, 6.45) is 1.43. The molecule has 1 atom stereocenters. The zero-order chi connectivity index (χ0) is 20.3. The summed E-state index contributed by atoms with van der Waals surface area (Å²) in [6, 6.07) is 18.1. The van der Waals surface area contributed by atoms with E-state index in [9.17, 15) is 0 Å². The molecule has 0 radical (unpaired) electrons. The lowest BCUT2D eigenvalue weighted by Crippen LogP contribution is -2.22. The molecule has 8 nitrogen and oxygen atoms in total. The van der Waals surface area contributed by atoms with E-state index in [1.165, 1.54) is 5.56 Å². The van der Waals surface area contributed by atoms with Crippen LogP contribution in [0, 0.1) is 0 Å². The van der Waals surface area contributed by atoms with Crippen LogP contribution in [0.4, 0.5) is 0 Å². The van der Waals surface area contributed by atoms with Gasteiger partial charge in [-0.3, -0.25) is 0 Å². The van der Waals surface area contributed by atoms with E-state index in [0.29, 0.717) is 37.0 Å². The predicted octanol–water partition coefficient (Wildman–Crippen LogP) is 3.39. The molecule has 152 valence electrons. The van der Waals surface area contributed by atoms with Crippen molar-refractivity contribution in [1.82, 2.24) is 25.1 Å². The minimum absolute atomic E-state index is 0.0929. The SMILES string of the molecule is COc1ccc([C@@H]2Cn3nnc(-c4noc(CCc5ccccc5)n4)c3CO2)cc1. The van der Waals surface area contributed by atoms with Crippen molar-refractivity contribution in [3.8, 4) is 17.3 Å². The fourth-order valence-electron chi connectivity index (χ4n) is 3.55. The van der Waals surface area contributed by atoms with Gasteiger partial charge in [-0.15, -0.1) is 5.10 Å². The third-order valence-corrected chi connectivity index (χ3v) is 5.24. The van der Waals surface area contributed by atoms with Crippen molar-refractivity contribution < 1.29 is 14.0 Å². The Hall–Kier alpha value is -3.52. The van der Waals surface area contributed by atoms with Gasteiger partial charge in [0.05, 0.1) is 26.0 Å². The Kier molecular flexibility index (Phi) is 4.98. The molecule has 1 aliphatic heterocycles. The van der Waals surface area contributed by atoms with Crippen LogP contribution in [0.5, 0.6) is 5.75 Å². The van der Waals surface area contributed by atoms with Gasteiger partial charge in [0.1, 0.15) is 11.9 Å². The first kappa shape index (κ1) is 18.5. The summed E-state index contributed by atoms with van der Waals surface area (Å²) in [5.41, 5.74) is 3.77. The fourth-order valence-corrected chi connectivity index (χ4v) is 3.55. The third kappa shape index (κ3) is 3.69. The number of hydrogen-bond donors (Lipinski definition) is 0. The molecule has 4 aromatic rings. The van der Waals surface area contributed by atoms with E-state index in [-0.39, 0.29) is 6.10 Å². The normalized spacial score (nSPS) is 15.7. The second-order valence-electron chi connectivity index (χ2n) is 7.14. The van der Waals surface area contributed by atoms with E-state index in [1.807, 2.05) is 47.1 Å². The first-order valence-corrected chi connectivity index (χ1v) is 9.85. The van der Waals surface area contributed by atoms with Crippen molar-refractivity contribution in [1.29, 1.82) is 0 Å². The van der Waals surface area contributed by atoms with E-state index in [2.05, 4.69) is 32.6 Å². The van der Waals surface area contributed by atoms with Gasteiger partial charge in [0.25, 0.3) is 0 Å². The Morgan fingerprint density at radius 1 is 1.07 bits per heavy atom. The molecule has 2 aromatic carbocycles. The molecular weight excluding hydrogens is 382 g/mol. The van der Waals surface area contributed by atoms with Gasteiger partial charge in [-0.2, -0.15) is 4.98 Å². The summed E-state index contributed by atoms with van der Waals surface area (Å²) >= 11 is 0. The summed E-state index contributed by atoms with van der Waals surface area (Å²) < 4.78 is 18.6. The standard InChI is InChI=1S/C22H21N5O3/c1-28-17-10-8-16(9-11-17)19-13-27-18(14-29-19)21(24-26-27)22-23-20(30-25-22)12-7-15-5-3-2-4-6-15/h2-6,8-11,19H,7,12-14H2,1H3/t19-/m0/s1.